The van der Waals surface area contributed by atoms with Crippen LogP contribution in [-0.4, -0.2) is 16.0 Å². The van der Waals surface area contributed by atoms with Crippen LogP contribution in [0.5, 0.6) is 0 Å². The zero-order chi connectivity index (χ0) is 21.8. The molecule has 0 amide bonds. The molecule has 2 N–H and O–H groups in total. The number of anilines is 3. The summed E-state index contributed by atoms with van der Waals surface area (Å²) in [6, 6.07) is 13.8. The van der Waals surface area contributed by atoms with E-state index in [1.807, 2.05) is 30.3 Å². The van der Waals surface area contributed by atoms with Crippen LogP contribution >= 0.6 is 0 Å². The highest BCUT2D eigenvalue weighted by Crippen LogP contribution is 2.37. The molecule has 0 saturated heterocycles. The van der Waals surface area contributed by atoms with Gasteiger partial charge in [0.15, 0.2) is 0 Å². The van der Waals surface area contributed by atoms with Crippen molar-refractivity contribution in [2.45, 2.75) is 44.3 Å². The van der Waals surface area contributed by atoms with Gasteiger partial charge in [-0.3, -0.25) is 0 Å². The summed E-state index contributed by atoms with van der Waals surface area (Å²) in [4.78, 5) is 8.90. The lowest BCUT2D eigenvalue weighted by molar-refractivity contribution is -0.137. The van der Waals surface area contributed by atoms with Crippen molar-refractivity contribution in [2.75, 3.05) is 10.6 Å². The van der Waals surface area contributed by atoms with Gasteiger partial charge in [-0.15, -0.1) is 0 Å². The Morgan fingerprint density at radius 1 is 0.871 bits per heavy atom. The van der Waals surface area contributed by atoms with E-state index >= 15 is 0 Å². The first kappa shape index (κ1) is 21.1. The van der Waals surface area contributed by atoms with Gasteiger partial charge < -0.3 is 10.6 Å². The molecule has 1 aromatic heterocycles. The Bertz CT molecular complexity index is 1030. The quantitative estimate of drug-likeness (QED) is 0.438. The monoisotopic (exact) mass is 430 g/mol. The van der Waals surface area contributed by atoms with Crippen LogP contribution in [0.3, 0.4) is 0 Å². The second-order valence-corrected chi connectivity index (χ2v) is 7.59. The van der Waals surface area contributed by atoms with Gasteiger partial charge in [-0.25, -0.2) is 9.37 Å². The molecular weight excluding hydrogens is 408 g/mol. The molecule has 3 aromatic rings. The van der Waals surface area contributed by atoms with Crippen LogP contribution in [0.25, 0.3) is 11.3 Å². The number of benzene rings is 2. The fourth-order valence-corrected chi connectivity index (χ4v) is 3.78. The standard InChI is InChI=1S/C23H22F4N4/c24-18-13-7-12-17(23(25,26)27)21(18)30-20-14-19(15-8-3-1-4-9-15)29-22(31-20)28-16-10-5-2-6-11-16/h1,3-4,7-9,12-14,16H,2,5-6,10-11H2,(H2,28,29,30,31). The number of nitrogens with zero attached hydrogens (tertiary/aromatic N) is 2. The van der Waals surface area contributed by atoms with E-state index in [0.29, 0.717) is 11.6 Å². The average Bonchev–Trinajstić information content (AvgIpc) is 2.75. The molecule has 1 aliphatic rings. The Labute approximate surface area is 177 Å². The average molecular weight is 430 g/mol. The smallest absolute Gasteiger partial charge is 0.351 e. The molecule has 1 heterocycles. The summed E-state index contributed by atoms with van der Waals surface area (Å²) in [5.41, 5.74) is -0.434. The normalized spacial score (nSPS) is 15.0. The molecule has 0 unspecified atom stereocenters. The van der Waals surface area contributed by atoms with Crippen molar-refractivity contribution >= 4 is 17.5 Å². The Hall–Kier alpha value is -3.16. The molecule has 1 fully saturated rings. The van der Waals surface area contributed by atoms with Gasteiger partial charge in [0.25, 0.3) is 0 Å². The maximum Gasteiger partial charge on any atom is 0.418 e. The fourth-order valence-electron chi connectivity index (χ4n) is 3.78. The topological polar surface area (TPSA) is 49.8 Å². The van der Waals surface area contributed by atoms with Gasteiger partial charge in [0, 0.05) is 17.7 Å². The van der Waals surface area contributed by atoms with Crippen molar-refractivity contribution in [1.82, 2.24) is 9.97 Å². The Morgan fingerprint density at radius 2 is 1.61 bits per heavy atom. The lowest BCUT2D eigenvalue weighted by atomic mass is 9.96. The molecule has 2 aromatic carbocycles. The molecule has 0 spiro atoms. The highest BCUT2D eigenvalue weighted by atomic mass is 19.4. The summed E-state index contributed by atoms with van der Waals surface area (Å²) >= 11 is 0. The zero-order valence-corrected chi connectivity index (χ0v) is 16.7. The Balaban J connectivity index is 1.73. The van der Waals surface area contributed by atoms with Gasteiger partial charge in [-0.05, 0) is 25.0 Å². The molecule has 162 valence electrons. The minimum atomic E-state index is -4.71. The van der Waals surface area contributed by atoms with Crippen LogP contribution < -0.4 is 10.6 Å². The van der Waals surface area contributed by atoms with Gasteiger partial charge in [0.05, 0.1) is 16.9 Å². The number of aromatic nitrogens is 2. The number of para-hydroxylation sites is 1. The maximum atomic E-state index is 14.3. The number of hydrogen-bond acceptors (Lipinski definition) is 4. The van der Waals surface area contributed by atoms with Gasteiger partial charge in [0.2, 0.25) is 5.95 Å². The summed E-state index contributed by atoms with van der Waals surface area (Å²) in [5, 5.41) is 5.85. The molecule has 0 aliphatic heterocycles. The fraction of sp³-hybridized carbons (Fsp3) is 0.304. The first-order chi connectivity index (χ1) is 14.9. The van der Waals surface area contributed by atoms with Gasteiger partial charge in [-0.2, -0.15) is 18.2 Å². The minimum Gasteiger partial charge on any atom is -0.351 e. The van der Waals surface area contributed by atoms with Crippen LogP contribution in [0.2, 0.25) is 0 Å². The molecule has 1 saturated carbocycles. The minimum absolute atomic E-state index is 0.0859. The van der Waals surface area contributed by atoms with Crippen molar-refractivity contribution < 1.29 is 17.6 Å². The third-order valence-corrected chi connectivity index (χ3v) is 5.31. The lowest BCUT2D eigenvalue weighted by Crippen LogP contribution is -2.23. The molecule has 4 nitrogen and oxygen atoms in total. The van der Waals surface area contributed by atoms with Crippen molar-refractivity contribution in [1.29, 1.82) is 0 Å². The Morgan fingerprint density at radius 3 is 2.32 bits per heavy atom. The second-order valence-electron chi connectivity index (χ2n) is 7.59. The Kier molecular flexibility index (Phi) is 6.06. The van der Waals surface area contributed by atoms with Gasteiger partial charge in [0.1, 0.15) is 11.6 Å². The number of hydrogen-bond donors (Lipinski definition) is 2. The van der Waals surface area contributed by atoms with Crippen LogP contribution in [-0.2, 0) is 6.18 Å². The van der Waals surface area contributed by atoms with E-state index in [4.69, 9.17) is 0 Å². The van der Waals surface area contributed by atoms with Crippen molar-refractivity contribution in [3.8, 4) is 11.3 Å². The maximum absolute atomic E-state index is 14.3. The largest absolute Gasteiger partial charge is 0.418 e. The number of alkyl halides is 3. The highest BCUT2D eigenvalue weighted by Gasteiger charge is 2.35. The number of rotatable bonds is 5. The predicted molar refractivity (Wildman–Crippen MR) is 113 cm³/mol. The summed E-state index contributed by atoms with van der Waals surface area (Å²) in [6.45, 7) is 0. The van der Waals surface area contributed by atoms with Crippen molar-refractivity contribution in [3.05, 3.63) is 66.0 Å². The molecule has 0 bridgehead atoms. The first-order valence-corrected chi connectivity index (χ1v) is 10.2. The van der Waals surface area contributed by atoms with Crippen molar-refractivity contribution in [3.63, 3.8) is 0 Å². The second kappa shape index (κ2) is 8.91. The van der Waals surface area contributed by atoms with Gasteiger partial charge >= 0.3 is 6.18 Å². The van der Waals surface area contributed by atoms with E-state index in [9.17, 15) is 17.6 Å². The van der Waals surface area contributed by atoms with E-state index in [-0.39, 0.29) is 11.9 Å². The summed E-state index contributed by atoms with van der Waals surface area (Å²) in [5.74, 6) is -0.611. The van der Waals surface area contributed by atoms with E-state index in [1.54, 1.807) is 0 Å². The third-order valence-electron chi connectivity index (χ3n) is 5.31. The number of halogens is 4. The predicted octanol–water partition coefficient (Wildman–Crippen LogP) is 6.79. The molecule has 4 rings (SSSR count). The third kappa shape index (κ3) is 5.13. The van der Waals surface area contributed by atoms with E-state index in [0.717, 1.165) is 49.4 Å². The molecule has 31 heavy (non-hydrogen) atoms. The number of nitrogens with one attached hydrogen (secondary N) is 2. The van der Waals surface area contributed by atoms with E-state index < -0.39 is 23.2 Å². The first-order valence-electron chi connectivity index (χ1n) is 10.2. The van der Waals surface area contributed by atoms with Gasteiger partial charge in [-0.1, -0.05) is 55.7 Å². The zero-order valence-electron chi connectivity index (χ0n) is 16.7. The summed E-state index contributed by atoms with van der Waals surface area (Å²) < 4.78 is 54.6. The molecule has 8 heteroatoms. The van der Waals surface area contributed by atoms with E-state index in [1.165, 1.54) is 12.5 Å². The van der Waals surface area contributed by atoms with Crippen LogP contribution in [0.4, 0.5) is 35.0 Å². The molecule has 0 atom stereocenters. The molecule has 1 aliphatic carbocycles. The van der Waals surface area contributed by atoms with Crippen molar-refractivity contribution in [2.24, 2.45) is 0 Å². The van der Waals surface area contributed by atoms with E-state index in [2.05, 4.69) is 20.6 Å². The molecular formula is C23H22F4N4. The van der Waals surface area contributed by atoms with Crippen LogP contribution in [0.1, 0.15) is 37.7 Å². The molecule has 0 radical (unpaired) electrons. The summed E-state index contributed by atoms with van der Waals surface area (Å²) in [6.07, 6.45) is 0.642. The highest BCUT2D eigenvalue weighted by molar-refractivity contribution is 5.69. The lowest BCUT2D eigenvalue weighted by Gasteiger charge is -2.23. The van der Waals surface area contributed by atoms with Crippen LogP contribution in [0.15, 0.2) is 54.6 Å². The SMILES string of the molecule is Fc1cccc(C(F)(F)F)c1Nc1cc(-c2ccccc2)nc(NC2CCCCC2)n1. The summed E-state index contributed by atoms with van der Waals surface area (Å²) in [7, 11) is 0. The van der Waals surface area contributed by atoms with Crippen LogP contribution in [0, 0.1) is 5.82 Å².